The second-order valence-corrected chi connectivity index (χ2v) is 6.74. The highest BCUT2D eigenvalue weighted by molar-refractivity contribution is 6.08. The summed E-state index contributed by atoms with van der Waals surface area (Å²) in [5.41, 5.74) is 3.31. The molecule has 2 N–H and O–H groups in total. The molecule has 0 unspecified atom stereocenters. The molecule has 3 rings (SSSR count). The highest BCUT2D eigenvalue weighted by Crippen LogP contribution is 2.33. The van der Waals surface area contributed by atoms with Gasteiger partial charge in [0.05, 0.1) is 13.5 Å². The Morgan fingerprint density at radius 3 is 2.68 bits per heavy atom. The molecule has 1 aromatic carbocycles. The van der Waals surface area contributed by atoms with E-state index >= 15 is 0 Å². The summed E-state index contributed by atoms with van der Waals surface area (Å²) in [5, 5.41) is 3.60. The molecule has 0 atom stereocenters. The summed E-state index contributed by atoms with van der Waals surface area (Å²) < 4.78 is 5.26. The number of aryl methyl sites for hydroxylation is 1. The van der Waals surface area contributed by atoms with Crippen LogP contribution in [0.3, 0.4) is 0 Å². The van der Waals surface area contributed by atoms with E-state index in [1.807, 2.05) is 19.1 Å². The quantitative estimate of drug-likeness (QED) is 0.815. The van der Waals surface area contributed by atoms with Gasteiger partial charge in [0.1, 0.15) is 11.3 Å². The highest BCUT2D eigenvalue weighted by Gasteiger charge is 2.52. The molecule has 1 spiro atoms. The molecule has 0 bridgehead atoms. The van der Waals surface area contributed by atoms with Gasteiger partial charge in [-0.3, -0.25) is 15.0 Å². The zero-order chi connectivity index (χ0) is 18.0. The topological polar surface area (TPSA) is 87.7 Å². The van der Waals surface area contributed by atoms with E-state index in [9.17, 15) is 14.4 Å². The normalized spacial score (nSPS) is 19.0. The first-order valence-corrected chi connectivity index (χ1v) is 8.55. The lowest BCUT2D eigenvalue weighted by Crippen LogP contribution is -2.51. The van der Waals surface area contributed by atoms with Crippen LogP contribution in [-0.4, -0.2) is 35.5 Å². The number of nitrogens with zero attached hydrogens (tertiary/aromatic N) is 1. The maximum Gasteiger partial charge on any atom is 0.344 e. The maximum atomic E-state index is 12.7. The lowest BCUT2D eigenvalue weighted by atomic mass is 9.82. The summed E-state index contributed by atoms with van der Waals surface area (Å²) in [5.74, 6) is -0.191. The first kappa shape index (κ1) is 17.3. The number of hydrogen-bond acceptors (Lipinski definition) is 4. The van der Waals surface area contributed by atoms with E-state index in [4.69, 9.17) is 4.74 Å². The van der Waals surface area contributed by atoms with E-state index in [0.29, 0.717) is 24.2 Å². The first-order chi connectivity index (χ1) is 11.9. The van der Waals surface area contributed by atoms with E-state index in [1.165, 1.54) is 7.11 Å². The van der Waals surface area contributed by atoms with Crippen molar-refractivity contribution in [2.24, 2.45) is 0 Å². The molecular formula is C18H23N3O4. The third-order valence-electron chi connectivity index (χ3n) is 4.89. The van der Waals surface area contributed by atoms with Crippen LogP contribution in [0.1, 0.15) is 43.2 Å². The number of ether oxygens (including phenoxy) is 1. The zero-order valence-corrected chi connectivity index (χ0v) is 14.6. The number of imide groups is 1. The Labute approximate surface area is 146 Å². The van der Waals surface area contributed by atoms with E-state index in [0.717, 1.165) is 29.8 Å². The number of nitrogens with one attached hydrogen (secondary N) is 2. The average molecular weight is 345 g/mol. The van der Waals surface area contributed by atoms with Crippen LogP contribution in [0.4, 0.5) is 4.79 Å². The van der Waals surface area contributed by atoms with Crippen LogP contribution in [0.2, 0.25) is 0 Å². The number of hydrazine groups is 1. The molecule has 1 saturated heterocycles. The van der Waals surface area contributed by atoms with Crippen molar-refractivity contribution in [3.63, 3.8) is 0 Å². The molecule has 7 heteroatoms. The molecule has 7 nitrogen and oxygen atoms in total. The summed E-state index contributed by atoms with van der Waals surface area (Å²) in [6.07, 6.45) is 4.12. The molecule has 1 heterocycles. The van der Waals surface area contributed by atoms with Crippen LogP contribution in [0, 0.1) is 6.92 Å². The van der Waals surface area contributed by atoms with Gasteiger partial charge in [0.15, 0.2) is 0 Å². The minimum atomic E-state index is -0.844. The fourth-order valence-electron chi connectivity index (χ4n) is 3.60. The molecule has 25 heavy (non-hydrogen) atoms. The molecule has 1 aliphatic carbocycles. The number of urea groups is 1. The Bertz CT molecular complexity index is 710. The summed E-state index contributed by atoms with van der Waals surface area (Å²) in [4.78, 5) is 37.2. The van der Waals surface area contributed by atoms with Gasteiger partial charge in [0.2, 0.25) is 5.91 Å². The molecule has 134 valence electrons. The van der Waals surface area contributed by atoms with Crippen LogP contribution >= 0.6 is 0 Å². The van der Waals surface area contributed by atoms with Crippen molar-refractivity contribution >= 4 is 17.8 Å². The van der Waals surface area contributed by atoms with Crippen molar-refractivity contribution in [2.75, 3.05) is 7.11 Å². The van der Waals surface area contributed by atoms with E-state index < -0.39 is 17.5 Å². The smallest absolute Gasteiger partial charge is 0.344 e. The molecule has 0 radical (unpaired) electrons. The molecule has 2 aliphatic rings. The summed E-state index contributed by atoms with van der Waals surface area (Å²) in [6, 6.07) is 4.98. The predicted octanol–water partition coefficient (Wildman–Crippen LogP) is 1.83. The maximum absolute atomic E-state index is 12.7. The third kappa shape index (κ3) is 3.31. The predicted molar refractivity (Wildman–Crippen MR) is 90.8 cm³/mol. The first-order valence-electron chi connectivity index (χ1n) is 8.55. The summed E-state index contributed by atoms with van der Waals surface area (Å²) in [7, 11) is 1.54. The lowest BCUT2D eigenvalue weighted by Gasteiger charge is -2.30. The van der Waals surface area contributed by atoms with Crippen molar-refractivity contribution in [1.29, 1.82) is 0 Å². The number of hydrogen-bond donors (Lipinski definition) is 2. The van der Waals surface area contributed by atoms with Gasteiger partial charge in [0.25, 0.3) is 5.91 Å². The van der Waals surface area contributed by atoms with E-state index in [-0.39, 0.29) is 12.3 Å². The number of rotatable bonds is 4. The van der Waals surface area contributed by atoms with Gasteiger partial charge in [-0.05, 0) is 25.8 Å². The Morgan fingerprint density at radius 2 is 2.00 bits per heavy atom. The van der Waals surface area contributed by atoms with Gasteiger partial charge in [-0.25, -0.2) is 4.79 Å². The third-order valence-corrected chi connectivity index (χ3v) is 4.89. The van der Waals surface area contributed by atoms with Gasteiger partial charge in [-0.1, -0.05) is 37.0 Å². The van der Waals surface area contributed by atoms with Gasteiger partial charge >= 0.3 is 6.03 Å². The van der Waals surface area contributed by atoms with Crippen LogP contribution in [0.5, 0.6) is 5.75 Å². The summed E-state index contributed by atoms with van der Waals surface area (Å²) >= 11 is 0. The minimum Gasteiger partial charge on any atom is -0.496 e. The van der Waals surface area contributed by atoms with Crippen molar-refractivity contribution in [1.82, 2.24) is 15.8 Å². The van der Waals surface area contributed by atoms with Gasteiger partial charge < -0.3 is 10.1 Å². The number of benzene rings is 1. The molecule has 1 saturated carbocycles. The van der Waals surface area contributed by atoms with Crippen molar-refractivity contribution in [3.8, 4) is 5.75 Å². The van der Waals surface area contributed by atoms with Crippen LogP contribution < -0.4 is 15.5 Å². The average Bonchev–Trinajstić information content (AvgIpc) is 2.80. The second-order valence-electron chi connectivity index (χ2n) is 6.74. The molecule has 4 amide bonds. The highest BCUT2D eigenvalue weighted by atomic mass is 16.5. The van der Waals surface area contributed by atoms with Gasteiger partial charge in [0, 0.05) is 5.56 Å². The Morgan fingerprint density at radius 1 is 1.28 bits per heavy atom. The molecule has 2 fully saturated rings. The minimum absolute atomic E-state index is 0.0227. The Kier molecular flexibility index (Phi) is 4.65. The van der Waals surface area contributed by atoms with Gasteiger partial charge in [-0.2, -0.15) is 5.01 Å². The Balaban J connectivity index is 1.70. The monoisotopic (exact) mass is 345 g/mol. The van der Waals surface area contributed by atoms with Crippen molar-refractivity contribution in [2.45, 2.75) is 51.0 Å². The number of amides is 4. The second kappa shape index (κ2) is 6.74. The largest absolute Gasteiger partial charge is 0.496 e. The molecular weight excluding hydrogens is 322 g/mol. The molecule has 1 aliphatic heterocycles. The van der Waals surface area contributed by atoms with Crippen molar-refractivity contribution < 1.29 is 19.1 Å². The number of carbonyl (C=O) groups is 3. The number of methoxy groups -OCH3 is 1. The van der Waals surface area contributed by atoms with Crippen LogP contribution in [0.15, 0.2) is 18.2 Å². The molecule has 1 aromatic rings. The van der Waals surface area contributed by atoms with Crippen LogP contribution in [0.25, 0.3) is 0 Å². The fraction of sp³-hybridized carbons (Fsp3) is 0.500. The molecule has 0 aromatic heterocycles. The van der Waals surface area contributed by atoms with Crippen LogP contribution in [-0.2, 0) is 16.0 Å². The zero-order valence-electron chi connectivity index (χ0n) is 14.6. The Hall–Kier alpha value is -2.57. The SMILES string of the molecule is COc1ccc(C)cc1CC(=O)NN1C(=O)NC2(CCCCC2)C1=O. The van der Waals surface area contributed by atoms with E-state index in [1.54, 1.807) is 6.07 Å². The fourth-order valence-corrected chi connectivity index (χ4v) is 3.60. The standard InChI is InChI=1S/C18H23N3O4/c1-12-6-7-14(25-2)13(10-12)11-15(22)20-21-16(23)18(19-17(21)24)8-4-3-5-9-18/h6-7,10H,3-5,8-9,11H2,1-2H3,(H,19,24)(H,20,22). The van der Waals surface area contributed by atoms with Crippen molar-refractivity contribution in [3.05, 3.63) is 29.3 Å². The summed E-state index contributed by atoms with van der Waals surface area (Å²) in [6.45, 7) is 1.92. The van der Waals surface area contributed by atoms with E-state index in [2.05, 4.69) is 10.7 Å². The van der Waals surface area contributed by atoms with Gasteiger partial charge in [-0.15, -0.1) is 0 Å². The number of carbonyl (C=O) groups excluding carboxylic acids is 3. The lowest BCUT2D eigenvalue weighted by molar-refractivity contribution is -0.139.